The summed E-state index contributed by atoms with van der Waals surface area (Å²) >= 11 is 1.34. The number of rotatable bonds is 9. The summed E-state index contributed by atoms with van der Waals surface area (Å²) in [6.45, 7) is 2.13. The molecule has 0 radical (unpaired) electrons. The fraction of sp³-hybridized carbons (Fsp3) is 0.346. The van der Waals surface area contributed by atoms with Crippen LogP contribution < -0.4 is 24.8 Å². The molecule has 190 valence electrons. The molecule has 0 saturated carbocycles. The van der Waals surface area contributed by atoms with Crippen molar-refractivity contribution in [2.45, 2.75) is 24.0 Å². The fourth-order valence-corrected chi connectivity index (χ4v) is 4.98. The van der Waals surface area contributed by atoms with Gasteiger partial charge in [0.05, 0.1) is 12.9 Å². The first-order chi connectivity index (χ1) is 17.2. The number of ether oxygens (including phenoxy) is 3. The SMILES string of the molecule is COc1ccc(-c2cnc(SCC(=O)NC(Cc3ccc4c(c3)OCO4)C3CCNC3)nc2)cc1.Cl. The summed E-state index contributed by atoms with van der Waals surface area (Å²) in [5.74, 6) is 2.97. The fourth-order valence-electron chi connectivity index (χ4n) is 4.38. The van der Waals surface area contributed by atoms with Crippen molar-refractivity contribution in [2.75, 3.05) is 32.7 Å². The first-order valence-electron chi connectivity index (χ1n) is 11.7. The number of fused-ring (bicyclic) bond motifs is 1. The molecule has 2 aromatic carbocycles. The van der Waals surface area contributed by atoms with Crippen molar-refractivity contribution in [3.05, 3.63) is 60.4 Å². The highest BCUT2D eigenvalue weighted by molar-refractivity contribution is 7.99. The Kier molecular flexibility index (Phi) is 8.90. The molecule has 0 bridgehead atoms. The van der Waals surface area contributed by atoms with E-state index in [1.54, 1.807) is 19.5 Å². The summed E-state index contributed by atoms with van der Waals surface area (Å²) < 4.78 is 16.1. The van der Waals surface area contributed by atoms with Crippen molar-refractivity contribution in [2.24, 2.45) is 5.92 Å². The van der Waals surface area contributed by atoms with Crippen molar-refractivity contribution in [1.82, 2.24) is 20.6 Å². The largest absolute Gasteiger partial charge is 0.497 e. The highest BCUT2D eigenvalue weighted by atomic mass is 35.5. The van der Waals surface area contributed by atoms with Gasteiger partial charge in [-0.2, -0.15) is 0 Å². The van der Waals surface area contributed by atoms with Crippen LogP contribution in [-0.2, 0) is 11.2 Å². The van der Waals surface area contributed by atoms with E-state index in [2.05, 4.69) is 20.6 Å². The first-order valence-corrected chi connectivity index (χ1v) is 12.6. The Balaban J connectivity index is 0.00000304. The number of amides is 1. The predicted molar refractivity (Wildman–Crippen MR) is 141 cm³/mol. The van der Waals surface area contributed by atoms with Crippen LogP contribution in [0.3, 0.4) is 0 Å². The molecule has 2 N–H and O–H groups in total. The van der Waals surface area contributed by atoms with Crippen LogP contribution >= 0.6 is 24.2 Å². The minimum absolute atomic E-state index is 0. The van der Waals surface area contributed by atoms with Gasteiger partial charge >= 0.3 is 0 Å². The van der Waals surface area contributed by atoms with Gasteiger partial charge in [-0.25, -0.2) is 9.97 Å². The van der Waals surface area contributed by atoms with Gasteiger partial charge in [0.25, 0.3) is 0 Å². The summed E-state index contributed by atoms with van der Waals surface area (Å²) in [5, 5.41) is 7.24. The van der Waals surface area contributed by atoms with Crippen molar-refractivity contribution >= 4 is 30.1 Å². The van der Waals surface area contributed by atoms with Crippen LogP contribution in [-0.4, -0.2) is 54.7 Å². The van der Waals surface area contributed by atoms with Gasteiger partial charge in [0, 0.05) is 24.0 Å². The van der Waals surface area contributed by atoms with Crippen LogP contribution in [0.4, 0.5) is 0 Å². The topological polar surface area (TPSA) is 94.6 Å². The number of benzene rings is 2. The van der Waals surface area contributed by atoms with Gasteiger partial charge in [-0.3, -0.25) is 4.79 Å². The molecular weight excluding hydrogens is 500 g/mol. The molecule has 1 aromatic heterocycles. The third kappa shape index (κ3) is 6.40. The van der Waals surface area contributed by atoms with E-state index in [1.165, 1.54) is 11.8 Å². The third-order valence-electron chi connectivity index (χ3n) is 6.29. The lowest BCUT2D eigenvalue weighted by Crippen LogP contribution is -2.43. The second kappa shape index (κ2) is 12.3. The number of aromatic nitrogens is 2. The number of hydrogen-bond acceptors (Lipinski definition) is 8. The van der Waals surface area contributed by atoms with Crippen LogP contribution in [0, 0.1) is 5.92 Å². The number of carbonyl (C=O) groups is 1. The zero-order chi connectivity index (χ0) is 24.0. The number of methoxy groups -OCH3 is 1. The zero-order valence-corrected chi connectivity index (χ0v) is 21.6. The number of carbonyl (C=O) groups excluding carboxylic acids is 1. The molecule has 2 atom stereocenters. The van der Waals surface area contributed by atoms with Gasteiger partial charge in [-0.1, -0.05) is 30.0 Å². The Morgan fingerprint density at radius 3 is 2.64 bits per heavy atom. The molecule has 8 nitrogen and oxygen atoms in total. The summed E-state index contributed by atoms with van der Waals surface area (Å²) in [5.41, 5.74) is 3.05. The van der Waals surface area contributed by atoms with Crippen molar-refractivity contribution in [3.63, 3.8) is 0 Å². The lowest BCUT2D eigenvalue weighted by Gasteiger charge is -2.24. The Morgan fingerprint density at radius 2 is 1.92 bits per heavy atom. The molecule has 0 aliphatic carbocycles. The maximum Gasteiger partial charge on any atom is 0.231 e. The Hall–Kier alpha value is -3.01. The van der Waals surface area contributed by atoms with E-state index in [1.807, 2.05) is 42.5 Å². The van der Waals surface area contributed by atoms with E-state index < -0.39 is 0 Å². The minimum Gasteiger partial charge on any atom is -0.497 e. The number of nitrogens with one attached hydrogen (secondary N) is 2. The molecule has 0 spiro atoms. The van der Waals surface area contributed by atoms with Crippen LogP contribution in [0.25, 0.3) is 11.1 Å². The average molecular weight is 529 g/mol. The van der Waals surface area contributed by atoms with Crippen LogP contribution in [0.1, 0.15) is 12.0 Å². The molecule has 3 aromatic rings. The van der Waals surface area contributed by atoms with Crippen molar-refractivity contribution in [1.29, 1.82) is 0 Å². The molecular formula is C26H29ClN4O4S. The van der Waals surface area contributed by atoms with E-state index >= 15 is 0 Å². The van der Waals surface area contributed by atoms with Gasteiger partial charge in [0.15, 0.2) is 16.7 Å². The summed E-state index contributed by atoms with van der Waals surface area (Å²) in [6, 6.07) is 13.8. The molecule has 36 heavy (non-hydrogen) atoms. The smallest absolute Gasteiger partial charge is 0.231 e. The second-order valence-electron chi connectivity index (χ2n) is 8.59. The molecule has 1 fully saturated rings. The Labute approximate surface area is 221 Å². The maximum absolute atomic E-state index is 12.8. The van der Waals surface area contributed by atoms with Gasteiger partial charge in [-0.05, 0) is 67.2 Å². The summed E-state index contributed by atoms with van der Waals surface area (Å²) in [4.78, 5) is 21.7. The van der Waals surface area contributed by atoms with E-state index in [0.29, 0.717) is 11.1 Å². The first kappa shape index (κ1) is 26.1. The number of thioether (sulfide) groups is 1. The van der Waals surface area contributed by atoms with Crippen LogP contribution in [0.15, 0.2) is 60.0 Å². The molecule has 3 heterocycles. The molecule has 5 rings (SSSR count). The average Bonchev–Trinajstić information content (AvgIpc) is 3.60. The van der Waals surface area contributed by atoms with Gasteiger partial charge < -0.3 is 24.8 Å². The number of nitrogens with zero attached hydrogens (tertiary/aromatic N) is 2. The standard InChI is InChI=1S/C26H28N4O4S.ClH/c1-32-21-5-3-18(4-6-21)20-13-28-26(29-14-20)35-15-25(31)30-22(19-8-9-27-12-19)10-17-2-7-23-24(11-17)34-16-33-23;/h2-7,11,13-14,19,22,27H,8-10,12,15-16H2,1H3,(H,30,31);1H. The maximum atomic E-state index is 12.8. The van der Waals surface area contributed by atoms with Crippen LogP contribution in [0.5, 0.6) is 17.2 Å². The molecule has 1 amide bonds. The van der Waals surface area contributed by atoms with E-state index in [-0.39, 0.29) is 36.9 Å². The number of halogens is 1. The highest BCUT2D eigenvalue weighted by Crippen LogP contribution is 2.33. The quantitative estimate of drug-likeness (QED) is 0.320. The van der Waals surface area contributed by atoms with Crippen LogP contribution in [0.2, 0.25) is 0 Å². The Morgan fingerprint density at radius 1 is 1.14 bits per heavy atom. The number of hydrogen-bond donors (Lipinski definition) is 2. The summed E-state index contributed by atoms with van der Waals surface area (Å²) in [7, 11) is 1.64. The van der Waals surface area contributed by atoms with E-state index in [0.717, 1.165) is 59.9 Å². The van der Waals surface area contributed by atoms with Gasteiger partial charge in [-0.15, -0.1) is 12.4 Å². The Bertz CT molecular complexity index is 1160. The van der Waals surface area contributed by atoms with E-state index in [9.17, 15) is 4.79 Å². The second-order valence-corrected chi connectivity index (χ2v) is 9.53. The lowest BCUT2D eigenvalue weighted by molar-refractivity contribution is -0.119. The monoisotopic (exact) mass is 528 g/mol. The van der Waals surface area contributed by atoms with Gasteiger partial charge in [0.1, 0.15) is 5.75 Å². The van der Waals surface area contributed by atoms with Gasteiger partial charge in [0.2, 0.25) is 12.7 Å². The normalized spacial score (nSPS) is 16.8. The van der Waals surface area contributed by atoms with E-state index in [4.69, 9.17) is 14.2 Å². The van der Waals surface area contributed by atoms with Crippen molar-refractivity contribution < 1.29 is 19.0 Å². The molecule has 1 saturated heterocycles. The zero-order valence-electron chi connectivity index (χ0n) is 19.9. The lowest BCUT2D eigenvalue weighted by atomic mass is 9.92. The molecule has 2 aliphatic rings. The molecule has 2 aliphatic heterocycles. The van der Waals surface area contributed by atoms with Crippen molar-refractivity contribution in [3.8, 4) is 28.4 Å². The molecule has 2 unspecified atom stereocenters. The third-order valence-corrected chi connectivity index (χ3v) is 7.17. The predicted octanol–water partition coefficient (Wildman–Crippen LogP) is 3.73. The molecule has 10 heteroatoms. The summed E-state index contributed by atoms with van der Waals surface area (Å²) in [6.07, 6.45) is 5.34. The minimum atomic E-state index is -0.0181. The highest BCUT2D eigenvalue weighted by Gasteiger charge is 2.27.